The van der Waals surface area contributed by atoms with E-state index in [0.29, 0.717) is 0 Å². The van der Waals surface area contributed by atoms with Crippen LogP contribution in [-0.4, -0.2) is 13.7 Å². The topological polar surface area (TPSA) is 41.1 Å². The molecule has 5 heterocycles. The highest BCUT2D eigenvalue weighted by atomic mass is 16.3. The second-order valence-corrected chi connectivity index (χ2v) is 17.2. The van der Waals surface area contributed by atoms with Crippen LogP contribution in [0, 0.1) is 0 Å². The molecular formula is C60H35N3O2. The number of fused-ring (bicyclic) bond motifs is 17. The van der Waals surface area contributed by atoms with E-state index < -0.39 is 0 Å². The molecule has 0 N–H and O–H groups in total. The highest BCUT2D eigenvalue weighted by molar-refractivity contribution is 6.29. The second-order valence-electron chi connectivity index (χ2n) is 17.2. The minimum atomic E-state index is 0.883. The van der Waals surface area contributed by atoms with Gasteiger partial charge >= 0.3 is 0 Å². The van der Waals surface area contributed by atoms with E-state index >= 15 is 0 Å². The summed E-state index contributed by atoms with van der Waals surface area (Å²) in [6, 6.07) is 76.4. The molecule has 0 radical (unpaired) electrons. The summed E-state index contributed by atoms with van der Waals surface area (Å²) in [5.74, 6) is 0. The first-order chi connectivity index (χ1) is 32.2. The zero-order chi connectivity index (χ0) is 42.3. The average Bonchev–Trinajstić information content (AvgIpc) is 4.17. The van der Waals surface area contributed by atoms with Crippen LogP contribution in [0.15, 0.2) is 221 Å². The lowest BCUT2D eigenvalue weighted by Gasteiger charge is -2.09. The quantitative estimate of drug-likeness (QED) is 0.177. The van der Waals surface area contributed by atoms with Gasteiger partial charge < -0.3 is 22.5 Å². The predicted octanol–water partition coefficient (Wildman–Crippen LogP) is 16.4. The van der Waals surface area contributed by atoms with Gasteiger partial charge in [0.1, 0.15) is 22.3 Å². The molecule has 0 atom stereocenters. The van der Waals surface area contributed by atoms with Crippen molar-refractivity contribution in [1.29, 1.82) is 0 Å². The lowest BCUT2D eigenvalue weighted by molar-refractivity contribution is 0.669. The van der Waals surface area contributed by atoms with Crippen molar-refractivity contribution in [2.75, 3.05) is 0 Å². The Labute approximate surface area is 370 Å². The van der Waals surface area contributed by atoms with E-state index in [-0.39, 0.29) is 0 Å². The highest BCUT2D eigenvalue weighted by Crippen LogP contribution is 2.46. The van der Waals surface area contributed by atoms with Gasteiger partial charge in [-0.15, -0.1) is 0 Å². The summed E-state index contributed by atoms with van der Waals surface area (Å²) in [5.41, 5.74) is 16.1. The Balaban J connectivity index is 0.989. The molecule has 0 amide bonds. The number of furan rings is 2. The van der Waals surface area contributed by atoms with Crippen LogP contribution in [0.2, 0.25) is 0 Å². The number of benzene rings is 10. The van der Waals surface area contributed by atoms with Gasteiger partial charge in [0.25, 0.3) is 0 Å². The van der Waals surface area contributed by atoms with Crippen molar-refractivity contribution in [2.45, 2.75) is 0 Å². The van der Waals surface area contributed by atoms with Gasteiger partial charge in [-0.1, -0.05) is 103 Å². The van der Waals surface area contributed by atoms with Crippen LogP contribution in [0.1, 0.15) is 0 Å². The van der Waals surface area contributed by atoms with Crippen molar-refractivity contribution >= 4 is 109 Å². The van der Waals surface area contributed by atoms with Crippen molar-refractivity contribution in [2.24, 2.45) is 0 Å². The number of para-hydroxylation sites is 5. The van der Waals surface area contributed by atoms with Gasteiger partial charge in [0.2, 0.25) is 0 Å². The number of nitrogens with zero attached hydrogens (tertiary/aromatic N) is 3. The molecule has 0 aliphatic rings. The van der Waals surface area contributed by atoms with Crippen LogP contribution < -0.4 is 0 Å². The van der Waals surface area contributed by atoms with E-state index in [1.54, 1.807) is 0 Å². The maximum atomic E-state index is 7.36. The fraction of sp³-hybridized carbons (Fsp3) is 0. The molecule has 0 bridgehead atoms. The zero-order valence-electron chi connectivity index (χ0n) is 34.9. The maximum absolute atomic E-state index is 7.36. The number of hydrogen-bond acceptors (Lipinski definition) is 2. The van der Waals surface area contributed by atoms with Gasteiger partial charge in [-0.25, -0.2) is 0 Å². The normalized spacial score (nSPS) is 12.3. The molecule has 15 aromatic rings. The first kappa shape index (κ1) is 34.7. The van der Waals surface area contributed by atoms with E-state index in [0.717, 1.165) is 110 Å². The molecule has 5 heteroatoms. The van der Waals surface area contributed by atoms with Crippen molar-refractivity contribution in [3.8, 4) is 28.2 Å². The summed E-state index contributed by atoms with van der Waals surface area (Å²) in [6.07, 6.45) is 0. The first-order valence-corrected chi connectivity index (χ1v) is 22.2. The molecule has 0 aliphatic heterocycles. The van der Waals surface area contributed by atoms with E-state index in [4.69, 9.17) is 8.83 Å². The second kappa shape index (κ2) is 12.9. The molecule has 10 aromatic carbocycles. The largest absolute Gasteiger partial charge is 0.456 e. The van der Waals surface area contributed by atoms with E-state index in [1.807, 2.05) is 12.1 Å². The number of hydrogen-bond donors (Lipinski definition) is 0. The van der Waals surface area contributed by atoms with Crippen molar-refractivity contribution < 1.29 is 8.83 Å². The van der Waals surface area contributed by atoms with Gasteiger partial charge in [0, 0.05) is 60.2 Å². The van der Waals surface area contributed by atoms with Crippen molar-refractivity contribution in [1.82, 2.24) is 13.7 Å². The minimum absolute atomic E-state index is 0.883. The summed E-state index contributed by atoms with van der Waals surface area (Å²) in [5, 5.41) is 11.4. The maximum Gasteiger partial charge on any atom is 0.145 e. The highest BCUT2D eigenvalue weighted by Gasteiger charge is 2.24. The summed E-state index contributed by atoms with van der Waals surface area (Å²) < 4.78 is 20.7. The number of aromatic nitrogens is 3. The molecule has 0 aliphatic carbocycles. The van der Waals surface area contributed by atoms with Gasteiger partial charge in [-0.2, -0.15) is 0 Å². The molecule has 15 rings (SSSR count). The molecule has 0 spiro atoms. The fourth-order valence-electron chi connectivity index (χ4n) is 11.0. The van der Waals surface area contributed by atoms with E-state index in [1.165, 1.54) is 27.4 Å². The summed E-state index contributed by atoms with van der Waals surface area (Å²) in [6.45, 7) is 0. The van der Waals surface area contributed by atoms with E-state index in [2.05, 4.69) is 214 Å². The van der Waals surface area contributed by atoms with Crippen LogP contribution in [0.3, 0.4) is 0 Å². The molecule has 302 valence electrons. The van der Waals surface area contributed by atoms with Crippen LogP contribution >= 0.6 is 0 Å². The Hall–Kier alpha value is -8.80. The summed E-state index contributed by atoms with van der Waals surface area (Å²) in [4.78, 5) is 0. The third-order valence-corrected chi connectivity index (χ3v) is 13.8. The van der Waals surface area contributed by atoms with Crippen LogP contribution in [0.4, 0.5) is 0 Å². The standard InChI is InChI=1S/C60H35N3O2/c1-3-13-38(14-4-1)61-49-20-10-7-17-41(49)46-33-36(23-28-51(46)61)37-24-29-52-48(34-37)58-54(62(52)39-15-5-2-6-16-39)31-27-44-43-26-30-53-57(59(43)65-60(44)58)45-19-8-11-21-50(45)63(53)40-25-32-56-47(35-40)42-18-9-12-22-55(42)64-56/h1-35H. The molecule has 0 saturated carbocycles. The van der Waals surface area contributed by atoms with Gasteiger partial charge in [-0.3, -0.25) is 0 Å². The van der Waals surface area contributed by atoms with Crippen LogP contribution in [0.5, 0.6) is 0 Å². The minimum Gasteiger partial charge on any atom is -0.456 e. The third-order valence-electron chi connectivity index (χ3n) is 13.8. The Morgan fingerprint density at radius 1 is 0.246 bits per heavy atom. The monoisotopic (exact) mass is 829 g/mol. The molecule has 0 fully saturated rings. The Morgan fingerprint density at radius 2 is 0.723 bits per heavy atom. The van der Waals surface area contributed by atoms with E-state index in [9.17, 15) is 0 Å². The molecule has 5 aromatic heterocycles. The smallest absolute Gasteiger partial charge is 0.145 e. The van der Waals surface area contributed by atoms with Crippen molar-refractivity contribution in [3.05, 3.63) is 212 Å². The zero-order valence-corrected chi connectivity index (χ0v) is 34.9. The lowest BCUT2D eigenvalue weighted by atomic mass is 10.00. The van der Waals surface area contributed by atoms with Gasteiger partial charge in [-0.05, 0) is 120 Å². The Morgan fingerprint density at radius 3 is 1.42 bits per heavy atom. The van der Waals surface area contributed by atoms with Gasteiger partial charge in [0.05, 0.1) is 43.9 Å². The van der Waals surface area contributed by atoms with Crippen molar-refractivity contribution in [3.63, 3.8) is 0 Å². The molecule has 5 nitrogen and oxygen atoms in total. The Kier molecular flexibility index (Phi) is 6.89. The van der Waals surface area contributed by atoms with Crippen LogP contribution in [0.25, 0.3) is 137 Å². The summed E-state index contributed by atoms with van der Waals surface area (Å²) in [7, 11) is 0. The molecule has 65 heavy (non-hydrogen) atoms. The SMILES string of the molecule is c1ccc(-n2c3ccccc3c3cc(-c4ccc5c(c4)c4c6oc7c(ccc8c7c7ccccc7n8-c7ccc8oc9ccccc9c8c7)c6ccc4n5-c4ccccc4)ccc32)cc1. The summed E-state index contributed by atoms with van der Waals surface area (Å²) >= 11 is 0. The lowest BCUT2D eigenvalue weighted by Crippen LogP contribution is -1.93. The Bertz CT molecular complexity index is 4460. The third kappa shape index (κ3) is 4.76. The van der Waals surface area contributed by atoms with Crippen LogP contribution in [-0.2, 0) is 0 Å². The first-order valence-electron chi connectivity index (χ1n) is 22.2. The van der Waals surface area contributed by atoms with Gasteiger partial charge in [0.15, 0.2) is 0 Å². The fourth-order valence-corrected chi connectivity index (χ4v) is 11.0. The molecule has 0 saturated heterocycles. The number of rotatable bonds is 4. The average molecular weight is 830 g/mol. The predicted molar refractivity (Wildman–Crippen MR) is 269 cm³/mol. The molecule has 0 unspecified atom stereocenters. The molecular weight excluding hydrogens is 795 g/mol.